The van der Waals surface area contributed by atoms with Gasteiger partial charge in [-0.15, -0.1) is 0 Å². The molecule has 8 nitrogen and oxygen atoms in total. The average molecular weight is 447 g/mol. The SMILES string of the molecule is Nc1cccc(C(=O)c2cccc(O)c2)c1NC(=O)OCC1CCN(c2ccncc2)CC1. The van der Waals surface area contributed by atoms with Gasteiger partial charge in [-0.05, 0) is 55.2 Å². The maximum Gasteiger partial charge on any atom is 0.411 e. The smallest absolute Gasteiger partial charge is 0.411 e. The number of nitrogens with two attached hydrogens (primary N) is 1. The molecule has 1 aliphatic rings. The van der Waals surface area contributed by atoms with Crippen LogP contribution in [0.1, 0.15) is 28.8 Å². The van der Waals surface area contributed by atoms with Crippen LogP contribution in [0.3, 0.4) is 0 Å². The fraction of sp³-hybridized carbons (Fsp3) is 0.240. The number of ether oxygens (including phenoxy) is 1. The van der Waals surface area contributed by atoms with Gasteiger partial charge in [0.25, 0.3) is 0 Å². The number of phenols is 1. The van der Waals surface area contributed by atoms with E-state index in [1.807, 2.05) is 12.1 Å². The molecule has 1 aromatic heterocycles. The van der Waals surface area contributed by atoms with E-state index < -0.39 is 6.09 Å². The van der Waals surface area contributed by atoms with Crippen molar-refractivity contribution in [3.8, 4) is 5.75 Å². The number of nitrogen functional groups attached to an aromatic ring is 1. The molecule has 3 aromatic rings. The Morgan fingerprint density at radius 3 is 2.55 bits per heavy atom. The minimum absolute atomic E-state index is 0.0198. The third kappa shape index (κ3) is 5.41. The highest BCUT2D eigenvalue weighted by Gasteiger charge is 2.22. The van der Waals surface area contributed by atoms with Crippen LogP contribution in [0.15, 0.2) is 67.0 Å². The molecule has 0 radical (unpaired) electrons. The maximum atomic E-state index is 12.9. The Morgan fingerprint density at radius 2 is 1.82 bits per heavy atom. The summed E-state index contributed by atoms with van der Waals surface area (Å²) >= 11 is 0. The highest BCUT2D eigenvalue weighted by Crippen LogP contribution is 2.28. The zero-order valence-corrected chi connectivity index (χ0v) is 18.1. The molecule has 1 saturated heterocycles. The molecule has 0 bridgehead atoms. The Bertz CT molecular complexity index is 1130. The third-order valence-electron chi connectivity index (χ3n) is 5.77. The molecule has 1 fully saturated rings. The van der Waals surface area contributed by atoms with Gasteiger partial charge in [-0.1, -0.05) is 18.2 Å². The van der Waals surface area contributed by atoms with Crippen LogP contribution in [0, 0.1) is 5.92 Å². The Labute approximate surface area is 192 Å². The number of ketones is 1. The van der Waals surface area contributed by atoms with E-state index in [0.717, 1.165) is 31.6 Å². The lowest BCUT2D eigenvalue weighted by Gasteiger charge is -2.33. The molecule has 33 heavy (non-hydrogen) atoms. The van der Waals surface area contributed by atoms with Crippen LogP contribution < -0.4 is 16.0 Å². The lowest BCUT2D eigenvalue weighted by molar-refractivity contribution is 0.103. The standard InChI is InChI=1S/C25H26N4O4/c26-22-6-2-5-21(24(31)18-3-1-4-20(30)15-18)23(22)28-25(32)33-16-17-9-13-29(14-10-17)19-7-11-27-12-8-19/h1-8,11-12,15,17,30H,9-10,13-14,16,26H2,(H,28,32). The number of anilines is 3. The number of amides is 1. The van der Waals surface area contributed by atoms with Gasteiger partial charge < -0.3 is 20.5 Å². The minimum Gasteiger partial charge on any atom is -0.508 e. The zero-order chi connectivity index (χ0) is 23.2. The first kappa shape index (κ1) is 22.1. The summed E-state index contributed by atoms with van der Waals surface area (Å²) in [4.78, 5) is 31.8. The van der Waals surface area contributed by atoms with E-state index in [4.69, 9.17) is 10.5 Å². The molecule has 170 valence electrons. The number of hydrogen-bond donors (Lipinski definition) is 3. The zero-order valence-electron chi connectivity index (χ0n) is 18.1. The van der Waals surface area contributed by atoms with Crippen molar-refractivity contribution in [1.29, 1.82) is 0 Å². The molecule has 1 amide bonds. The van der Waals surface area contributed by atoms with Crippen molar-refractivity contribution in [2.75, 3.05) is 35.6 Å². The summed E-state index contributed by atoms with van der Waals surface area (Å²) in [6.45, 7) is 2.06. The summed E-state index contributed by atoms with van der Waals surface area (Å²) in [6, 6.07) is 14.8. The van der Waals surface area contributed by atoms with Gasteiger partial charge in [0.2, 0.25) is 0 Å². The van der Waals surface area contributed by atoms with Crippen molar-refractivity contribution in [2.45, 2.75) is 12.8 Å². The quantitative estimate of drug-likeness (QED) is 0.386. The van der Waals surface area contributed by atoms with Crippen LogP contribution in [-0.2, 0) is 4.74 Å². The Balaban J connectivity index is 1.35. The van der Waals surface area contributed by atoms with E-state index in [1.165, 1.54) is 12.1 Å². The molecule has 0 saturated carbocycles. The fourth-order valence-corrected chi connectivity index (χ4v) is 3.95. The number of nitrogens with zero attached hydrogens (tertiary/aromatic N) is 2. The Hall–Kier alpha value is -4.07. The second-order valence-corrected chi connectivity index (χ2v) is 8.01. The molecule has 8 heteroatoms. The number of piperidine rings is 1. The third-order valence-corrected chi connectivity index (χ3v) is 5.77. The topological polar surface area (TPSA) is 118 Å². The van der Waals surface area contributed by atoms with Crippen molar-refractivity contribution in [3.63, 3.8) is 0 Å². The minimum atomic E-state index is -0.658. The molecule has 0 aliphatic carbocycles. The van der Waals surface area contributed by atoms with Gasteiger partial charge in [0.15, 0.2) is 5.78 Å². The second-order valence-electron chi connectivity index (χ2n) is 8.01. The average Bonchev–Trinajstić information content (AvgIpc) is 2.84. The first-order chi connectivity index (χ1) is 16.0. The number of hydrogen-bond acceptors (Lipinski definition) is 7. The van der Waals surface area contributed by atoms with E-state index in [-0.39, 0.29) is 40.0 Å². The maximum absolute atomic E-state index is 12.9. The fourth-order valence-electron chi connectivity index (χ4n) is 3.95. The van der Waals surface area contributed by atoms with E-state index >= 15 is 0 Å². The van der Waals surface area contributed by atoms with Crippen LogP contribution >= 0.6 is 0 Å². The van der Waals surface area contributed by atoms with Crippen molar-refractivity contribution in [1.82, 2.24) is 4.98 Å². The number of para-hydroxylation sites is 1. The number of nitrogens with one attached hydrogen (secondary N) is 1. The van der Waals surface area contributed by atoms with Crippen LogP contribution in [0.25, 0.3) is 0 Å². The molecule has 0 spiro atoms. The second kappa shape index (κ2) is 10.0. The summed E-state index contributed by atoms with van der Waals surface area (Å²) in [6.07, 6.45) is 4.72. The summed E-state index contributed by atoms with van der Waals surface area (Å²) in [5.74, 6) is -0.124. The van der Waals surface area contributed by atoms with E-state index in [2.05, 4.69) is 15.2 Å². The van der Waals surface area contributed by atoms with Crippen molar-refractivity contribution in [2.24, 2.45) is 5.92 Å². The first-order valence-corrected chi connectivity index (χ1v) is 10.8. The first-order valence-electron chi connectivity index (χ1n) is 10.8. The number of carbonyl (C=O) groups excluding carboxylic acids is 2. The number of pyridine rings is 1. The van der Waals surface area contributed by atoms with E-state index in [9.17, 15) is 14.7 Å². The number of phenolic OH excluding ortho intramolecular Hbond substituents is 1. The van der Waals surface area contributed by atoms with Crippen LogP contribution in [0.5, 0.6) is 5.75 Å². The molecule has 4 N–H and O–H groups in total. The molecular weight excluding hydrogens is 420 g/mol. The van der Waals surface area contributed by atoms with Gasteiger partial charge in [0, 0.05) is 42.3 Å². The predicted octanol–water partition coefficient (Wildman–Crippen LogP) is 4.07. The van der Waals surface area contributed by atoms with Crippen molar-refractivity contribution in [3.05, 3.63) is 78.1 Å². The van der Waals surface area contributed by atoms with Crippen molar-refractivity contribution < 1.29 is 19.4 Å². The van der Waals surface area contributed by atoms with E-state index in [0.29, 0.717) is 6.61 Å². The highest BCUT2D eigenvalue weighted by atomic mass is 16.5. The van der Waals surface area contributed by atoms with Crippen molar-refractivity contribution >= 4 is 28.9 Å². The lowest BCUT2D eigenvalue weighted by Crippen LogP contribution is -2.35. The van der Waals surface area contributed by atoms with Gasteiger partial charge >= 0.3 is 6.09 Å². The van der Waals surface area contributed by atoms with Crippen LogP contribution in [-0.4, -0.2) is 41.7 Å². The molecule has 2 aromatic carbocycles. The molecule has 2 heterocycles. The highest BCUT2D eigenvalue weighted by molar-refractivity contribution is 6.15. The summed E-state index contributed by atoms with van der Waals surface area (Å²) in [5, 5.41) is 12.3. The van der Waals surface area contributed by atoms with Gasteiger partial charge in [0.1, 0.15) is 5.75 Å². The van der Waals surface area contributed by atoms with E-state index in [1.54, 1.807) is 42.7 Å². The molecular formula is C25H26N4O4. The normalized spacial score (nSPS) is 14.0. The van der Waals surface area contributed by atoms with Gasteiger partial charge in [0.05, 0.1) is 18.0 Å². The van der Waals surface area contributed by atoms with Crippen LogP contribution in [0.4, 0.5) is 21.9 Å². The monoisotopic (exact) mass is 446 g/mol. The number of rotatable bonds is 6. The largest absolute Gasteiger partial charge is 0.508 e. The Morgan fingerprint density at radius 1 is 1.09 bits per heavy atom. The molecule has 0 unspecified atom stereocenters. The van der Waals surface area contributed by atoms with Gasteiger partial charge in [-0.3, -0.25) is 15.1 Å². The lowest BCUT2D eigenvalue weighted by atomic mass is 9.97. The molecule has 0 atom stereocenters. The van der Waals surface area contributed by atoms with Gasteiger partial charge in [-0.2, -0.15) is 0 Å². The number of aromatic hydroxyl groups is 1. The van der Waals surface area contributed by atoms with Crippen LogP contribution in [0.2, 0.25) is 0 Å². The summed E-state index contributed by atoms with van der Waals surface area (Å²) < 4.78 is 5.46. The number of benzene rings is 2. The number of carbonyl (C=O) groups is 2. The van der Waals surface area contributed by atoms with Gasteiger partial charge in [-0.25, -0.2) is 4.79 Å². The number of aromatic nitrogens is 1. The molecule has 1 aliphatic heterocycles. The summed E-state index contributed by atoms with van der Waals surface area (Å²) in [5.41, 5.74) is 8.15. The summed E-state index contributed by atoms with van der Waals surface area (Å²) in [7, 11) is 0. The molecule has 4 rings (SSSR count). The predicted molar refractivity (Wildman–Crippen MR) is 127 cm³/mol. The Kier molecular flexibility index (Phi) is 6.73.